The smallest absolute Gasteiger partial charge is 0.320 e. The second-order valence-corrected chi connectivity index (χ2v) is 5.62. The molecular weight excluding hydrogens is 202 g/mol. The van der Waals surface area contributed by atoms with Crippen molar-refractivity contribution in [2.75, 3.05) is 13.1 Å². The van der Waals surface area contributed by atoms with Gasteiger partial charge in [-0.2, -0.15) is 0 Å². The van der Waals surface area contributed by atoms with Gasteiger partial charge in [0.2, 0.25) is 0 Å². The lowest BCUT2D eigenvalue weighted by Crippen LogP contribution is -2.39. The van der Waals surface area contributed by atoms with Gasteiger partial charge in [-0.05, 0) is 44.1 Å². The van der Waals surface area contributed by atoms with E-state index >= 15 is 0 Å². The summed E-state index contributed by atoms with van der Waals surface area (Å²) in [5.74, 6) is 1.00. The van der Waals surface area contributed by atoms with E-state index in [2.05, 4.69) is 11.8 Å². The van der Waals surface area contributed by atoms with Gasteiger partial charge < -0.3 is 5.11 Å². The predicted octanol–water partition coefficient (Wildman–Crippen LogP) is 2.36. The van der Waals surface area contributed by atoms with E-state index in [1.54, 1.807) is 0 Å². The van der Waals surface area contributed by atoms with Crippen LogP contribution in [0.15, 0.2) is 0 Å². The van der Waals surface area contributed by atoms with Crippen LogP contribution >= 0.6 is 0 Å². The molecule has 0 amide bonds. The number of carboxylic acids is 1. The molecule has 16 heavy (non-hydrogen) atoms. The zero-order valence-corrected chi connectivity index (χ0v) is 10.2. The van der Waals surface area contributed by atoms with Crippen molar-refractivity contribution in [3.8, 4) is 0 Å². The van der Waals surface area contributed by atoms with Crippen LogP contribution < -0.4 is 0 Å². The van der Waals surface area contributed by atoms with Gasteiger partial charge in [-0.25, -0.2) is 0 Å². The monoisotopic (exact) mass is 225 g/mol. The highest BCUT2D eigenvalue weighted by Crippen LogP contribution is 2.30. The average molecular weight is 225 g/mol. The second-order valence-electron chi connectivity index (χ2n) is 5.62. The van der Waals surface area contributed by atoms with Crippen molar-refractivity contribution in [2.45, 2.75) is 51.5 Å². The SMILES string of the molecule is CC1CCC(CN2CCC[C@H]2C(=O)O)CC1. The van der Waals surface area contributed by atoms with E-state index < -0.39 is 5.97 Å². The van der Waals surface area contributed by atoms with Crippen LogP contribution in [0.4, 0.5) is 0 Å². The van der Waals surface area contributed by atoms with Gasteiger partial charge in [0, 0.05) is 6.54 Å². The number of carbonyl (C=O) groups is 1. The fraction of sp³-hybridized carbons (Fsp3) is 0.923. The van der Waals surface area contributed by atoms with Crippen molar-refractivity contribution >= 4 is 5.97 Å². The van der Waals surface area contributed by atoms with Gasteiger partial charge in [0.1, 0.15) is 6.04 Å². The molecule has 0 radical (unpaired) electrons. The predicted molar refractivity (Wildman–Crippen MR) is 63.4 cm³/mol. The Morgan fingerprint density at radius 3 is 2.56 bits per heavy atom. The minimum atomic E-state index is -0.623. The Morgan fingerprint density at radius 1 is 1.25 bits per heavy atom. The molecule has 0 bridgehead atoms. The van der Waals surface area contributed by atoms with Gasteiger partial charge in [0.25, 0.3) is 0 Å². The molecule has 0 unspecified atom stereocenters. The van der Waals surface area contributed by atoms with Crippen LogP contribution in [0.25, 0.3) is 0 Å². The summed E-state index contributed by atoms with van der Waals surface area (Å²) in [6, 6.07) is -0.195. The molecule has 1 saturated heterocycles. The third kappa shape index (κ3) is 2.76. The highest BCUT2D eigenvalue weighted by molar-refractivity contribution is 5.73. The molecule has 0 spiro atoms. The lowest BCUT2D eigenvalue weighted by atomic mass is 9.83. The molecule has 1 aliphatic heterocycles. The lowest BCUT2D eigenvalue weighted by molar-refractivity contribution is -0.142. The molecule has 92 valence electrons. The summed E-state index contributed by atoms with van der Waals surface area (Å²) in [7, 11) is 0. The van der Waals surface area contributed by atoms with Crippen LogP contribution in [-0.2, 0) is 4.79 Å². The number of nitrogens with zero attached hydrogens (tertiary/aromatic N) is 1. The molecule has 2 aliphatic rings. The third-order valence-electron chi connectivity index (χ3n) is 4.28. The molecule has 1 saturated carbocycles. The van der Waals surface area contributed by atoms with Crippen LogP contribution in [0, 0.1) is 11.8 Å². The van der Waals surface area contributed by atoms with E-state index in [1.807, 2.05) is 0 Å². The maximum Gasteiger partial charge on any atom is 0.320 e. The Bertz CT molecular complexity index is 246. The first-order valence-electron chi connectivity index (χ1n) is 6.63. The Hall–Kier alpha value is -0.570. The first kappa shape index (κ1) is 11.9. The summed E-state index contributed by atoms with van der Waals surface area (Å²) < 4.78 is 0. The molecule has 0 aromatic carbocycles. The molecule has 3 nitrogen and oxygen atoms in total. The summed E-state index contributed by atoms with van der Waals surface area (Å²) in [4.78, 5) is 13.3. The highest BCUT2D eigenvalue weighted by Gasteiger charge is 2.32. The summed E-state index contributed by atoms with van der Waals surface area (Å²) >= 11 is 0. The number of aliphatic carboxylic acids is 1. The van der Waals surface area contributed by atoms with Gasteiger partial charge in [-0.3, -0.25) is 9.69 Å². The van der Waals surface area contributed by atoms with Crippen molar-refractivity contribution in [1.29, 1.82) is 0 Å². The van der Waals surface area contributed by atoms with Gasteiger partial charge in [0.15, 0.2) is 0 Å². The van der Waals surface area contributed by atoms with Gasteiger partial charge >= 0.3 is 5.97 Å². The number of hydrogen-bond acceptors (Lipinski definition) is 2. The fourth-order valence-electron chi connectivity index (χ4n) is 3.17. The van der Waals surface area contributed by atoms with Gasteiger partial charge in [-0.1, -0.05) is 19.8 Å². The Kier molecular flexibility index (Phi) is 3.85. The topological polar surface area (TPSA) is 40.5 Å². The normalized spacial score (nSPS) is 36.4. The van der Waals surface area contributed by atoms with E-state index in [1.165, 1.54) is 25.7 Å². The van der Waals surface area contributed by atoms with E-state index in [9.17, 15) is 4.79 Å². The molecule has 2 rings (SSSR count). The molecule has 1 atom stereocenters. The Morgan fingerprint density at radius 2 is 1.94 bits per heavy atom. The Labute approximate surface area is 97.8 Å². The van der Waals surface area contributed by atoms with Gasteiger partial charge in [-0.15, -0.1) is 0 Å². The fourth-order valence-corrected chi connectivity index (χ4v) is 3.17. The molecular formula is C13H23NO2. The van der Waals surface area contributed by atoms with Crippen LogP contribution in [0.1, 0.15) is 45.4 Å². The summed E-state index contributed by atoms with van der Waals surface area (Å²) in [5, 5.41) is 9.11. The van der Waals surface area contributed by atoms with Crippen molar-refractivity contribution in [3.63, 3.8) is 0 Å². The number of likely N-dealkylation sites (tertiary alicyclic amines) is 1. The van der Waals surface area contributed by atoms with Crippen molar-refractivity contribution < 1.29 is 9.90 Å². The molecule has 1 aliphatic carbocycles. The van der Waals surface area contributed by atoms with E-state index in [-0.39, 0.29) is 6.04 Å². The maximum absolute atomic E-state index is 11.1. The molecule has 2 fully saturated rings. The zero-order valence-electron chi connectivity index (χ0n) is 10.2. The molecule has 1 heterocycles. The van der Waals surface area contributed by atoms with Crippen molar-refractivity contribution in [2.24, 2.45) is 11.8 Å². The Balaban J connectivity index is 1.82. The maximum atomic E-state index is 11.1. The summed E-state index contributed by atoms with van der Waals surface area (Å²) in [6.45, 7) is 4.33. The van der Waals surface area contributed by atoms with Crippen LogP contribution in [0.2, 0.25) is 0 Å². The van der Waals surface area contributed by atoms with Crippen molar-refractivity contribution in [3.05, 3.63) is 0 Å². The van der Waals surface area contributed by atoms with Crippen LogP contribution in [-0.4, -0.2) is 35.1 Å². The van der Waals surface area contributed by atoms with E-state index in [4.69, 9.17) is 5.11 Å². The second kappa shape index (κ2) is 5.17. The standard InChI is InChI=1S/C13H23NO2/c1-10-4-6-11(7-5-10)9-14-8-2-3-12(14)13(15)16/h10-12H,2-9H2,1H3,(H,15,16)/t10?,11?,12-/m0/s1. The van der Waals surface area contributed by atoms with E-state index in [0.29, 0.717) is 0 Å². The molecule has 0 aromatic rings. The number of hydrogen-bond donors (Lipinski definition) is 1. The minimum absolute atomic E-state index is 0.195. The third-order valence-corrected chi connectivity index (χ3v) is 4.28. The average Bonchev–Trinajstić information content (AvgIpc) is 2.69. The first-order valence-corrected chi connectivity index (χ1v) is 6.63. The molecule has 1 N–H and O–H groups in total. The minimum Gasteiger partial charge on any atom is -0.480 e. The molecule has 0 aromatic heterocycles. The van der Waals surface area contributed by atoms with Gasteiger partial charge in [0.05, 0.1) is 0 Å². The lowest BCUT2D eigenvalue weighted by Gasteiger charge is -2.31. The van der Waals surface area contributed by atoms with E-state index in [0.717, 1.165) is 37.8 Å². The number of rotatable bonds is 3. The quantitative estimate of drug-likeness (QED) is 0.801. The van der Waals surface area contributed by atoms with Crippen molar-refractivity contribution in [1.82, 2.24) is 4.90 Å². The zero-order chi connectivity index (χ0) is 11.5. The van der Waals surface area contributed by atoms with Crippen LogP contribution in [0.5, 0.6) is 0 Å². The number of carboxylic acid groups (broad SMARTS) is 1. The summed E-state index contributed by atoms with van der Waals surface area (Å²) in [6.07, 6.45) is 7.15. The molecule has 3 heteroatoms. The first-order chi connectivity index (χ1) is 7.66. The highest BCUT2D eigenvalue weighted by atomic mass is 16.4. The largest absolute Gasteiger partial charge is 0.480 e. The van der Waals surface area contributed by atoms with Crippen LogP contribution in [0.3, 0.4) is 0 Å². The summed E-state index contributed by atoms with van der Waals surface area (Å²) in [5.41, 5.74) is 0.